The molecule has 0 radical (unpaired) electrons. The van der Waals surface area contributed by atoms with Crippen molar-refractivity contribution in [1.82, 2.24) is 25.4 Å². The third-order valence-electron chi connectivity index (χ3n) is 6.36. The van der Waals surface area contributed by atoms with Crippen LogP contribution in [0.25, 0.3) is 0 Å². The molecule has 2 heterocycles. The van der Waals surface area contributed by atoms with Crippen molar-refractivity contribution in [2.24, 2.45) is 4.99 Å². The van der Waals surface area contributed by atoms with Crippen molar-refractivity contribution in [3.05, 3.63) is 47.5 Å². The number of aromatic nitrogens is 3. The number of aliphatic imine (C=N–C) groups is 1. The van der Waals surface area contributed by atoms with E-state index >= 15 is 0 Å². The van der Waals surface area contributed by atoms with Gasteiger partial charge in [-0.2, -0.15) is 0 Å². The summed E-state index contributed by atoms with van der Waals surface area (Å²) in [5, 5.41) is 15.8. The maximum atomic E-state index is 4.44. The third kappa shape index (κ3) is 4.05. The monoisotopic (exact) mass is 380 g/mol. The summed E-state index contributed by atoms with van der Waals surface area (Å²) in [7, 11) is 1.84. The summed E-state index contributed by atoms with van der Waals surface area (Å²) in [6.07, 6.45) is 9.82. The molecule has 0 spiro atoms. The Hall–Kier alpha value is -2.37. The third-order valence-corrected chi connectivity index (χ3v) is 6.36. The number of hydrogen-bond acceptors (Lipinski definition) is 3. The molecule has 1 aliphatic heterocycles. The highest BCUT2D eigenvalue weighted by Gasteiger charge is 2.35. The Morgan fingerprint density at radius 2 is 1.86 bits per heavy atom. The molecule has 2 N–H and O–H groups in total. The lowest BCUT2D eigenvalue weighted by atomic mass is 9.79. The Balaban J connectivity index is 1.38. The van der Waals surface area contributed by atoms with Gasteiger partial charge in [0.05, 0.1) is 6.54 Å². The molecule has 1 aromatic carbocycles. The van der Waals surface area contributed by atoms with Crippen LogP contribution in [-0.2, 0) is 24.9 Å². The van der Waals surface area contributed by atoms with Gasteiger partial charge in [-0.25, -0.2) is 0 Å². The van der Waals surface area contributed by atoms with Crippen LogP contribution in [-0.4, -0.2) is 34.3 Å². The lowest BCUT2D eigenvalue weighted by molar-refractivity contribution is 0.431. The number of nitrogens with zero attached hydrogens (tertiary/aromatic N) is 4. The molecule has 0 atom stereocenters. The first kappa shape index (κ1) is 19.0. The molecule has 2 aliphatic rings. The van der Waals surface area contributed by atoms with Gasteiger partial charge in [0.15, 0.2) is 11.8 Å². The summed E-state index contributed by atoms with van der Waals surface area (Å²) in [6.45, 7) is 2.60. The fourth-order valence-electron chi connectivity index (χ4n) is 4.72. The molecule has 28 heavy (non-hydrogen) atoms. The molecule has 1 aromatic heterocycles. The highest BCUT2D eigenvalue weighted by molar-refractivity contribution is 5.79. The van der Waals surface area contributed by atoms with Crippen LogP contribution < -0.4 is 10.6 Å². The number of benzene rings is 1. The second kappa shape index (κ2) is 8.76. The molecule has 6 nitrogen and oxygen atoms in total. The van der Waals surface area contributed by atoms with Crippen LogP contribution >= 0.6 is 0 Å². The Bertz CT molecular complexity index is 789. The maximum Gasteiger partial charge on any atom is 0.191 e. The minimum absolute atomic E-state index is 0.213. The van der Waals surface area contributed by atoms with E-state index in [0.717, 1.165) is 37.1 Å². The first-order chi connectivity index (χ1) is 13.8. The second-order valence-electron chi connectivity index (χ2n) is 8.13. The van der Waals surface area contributed by atoms with Crippen LogP contribution in [0.5, 0.6) is 0 Å². The van der Waals surface area contributed by atoms with Crippen LogP contribution in [0.2, 0.25) is 0 Å². The molecular weight excluding hydrogens is 348 g/mol. The summed E-state index contributed by atoms with van der Waals surface area (Å²) in [6, 6.07) is 10.9. The minimum Gasteiger partial charge on any atom is -0.356 e. The van der Waals surface area contributed by atoms with Crippen LogP contribution in [0.4, 0.5) is 0 Å². The van der Waals surface area contributed by atoms with Crippen molar-refractivity contribution in [3.63, 3.8) is 0 Å². The van der Waals surface area contributed by atoms with Crippen LogP contribution in [0.3, 0.4) is 0 Å². The smallest absolute Gasteiger partial charge is 0.191 e. The standard InChI is InChI=1S/C22H32N6/c1-23-21(24-16-20-27-26-19-12-6-3-9-15-28(19)20)25-17-22(13-7-8-14-22)18-10-4-2-5-11-18/h2,4-5,10-11H,3,6-9,12-17H2,1H3,(H2,23,24,25). The van der Waals surface area contributed by atoms with Gasteiger partial charge in [0.2, 0.25) is 0 Å². The predicted molar refractivity (Wildman–Crippen MR) is 112 cm³/mol. The van der Waals surface area contributed by atoms with Crippen molar-refractivity contribution in [2.45, 2.75) is 69.9 Å². The molecule has 1 saturated carbocycles. The van der Waals surface area contributed by atoms with Crippen molar-refractivity contribution in [2.75, 3.05) is 13.6 Å². The minimum atomic E-state index is 0.213. The van der Waals surface area contributed by atoms with E-state index in [1.54, 1.807) is 0 Å². The number of aryl methyl sites for hydroxylation is 1. The molecule has 0 saturated heterocycles. The zero-order valence-corrected chi connectivity index (χ0v) is 17.0. The number of rotatable bonds is 5. The van der Waals surface area contributed by atoms with Gasteiger partial charge in [-0.3, -0.25) is 4.99 Å². The zero-order chi connectivity index (χ0) is 19.2. The van der Waals surface area contributed by atoms with Gasteiger partial charge in [-0.1, -0.05) is 49.6 Å². The maximum absolute atomic E-state index is 4.44. The molecule has 4 rings (SSSR count). The summed E-state index contributed by atoms with van der Waals surface area (Å²) in [4.78, 5) is 4.44. The first-order valence-electron chi connectivity index (χ1n) is 10.7. The Kier molecular flexibility index (Phi) is 5.93. The molecule has 6 heteroatoms. The van der Waals surface area contributed by atoms with E-state index < -0.39 is 0 Å². The van der Waals surface area contributed by atoms with Gasteiger partial charge < -0.3 is 15.2 Å². The number of fused-ring (bicyclic) bond motifs is 1. The van der Waals surface area contributed by atoms with Gasteiger partial charge in [0.25, 0.3) is 0 Å². The molecule has 1 aliphatic carbocycles. The summed E-state index contributed by atoms with van der Waals surface area (Å²) in [5.74, 6) is 2.98. The van der Waals surface area contributed by atoms with Gasteiger partial charge >= 0.3 is 0 Å². The molecule has 0 unspecified atom stereocenters. The van der Waals surface area contributed by atoms with E-state index in [4.69, 9.17) is 0 Å². The Morgan fingerprint density at radius 1 is 1.04 bits per heavy atom. The van der Waals surface area contributed by atoms with Crippen LogP contribution in [0, 0.1) is 0 Å². The summed E-state index contributed by atoms with van der Waals surface area (Å²) < 4.78 is 2.29. The molecular formula is C22H32N6. The summed E-state index contributed by atoms with van der Waals surface area (Å²) >= 11 is 0. The van der Waals surface area contributed by atoms with Crippen LogP contribution in [0.1, 0.15) is 62.2 Å². The second-order valence-corrected chi connectivity index (χ2v) is 8.13. The lowest BCUT2D eigenvalue weighted by Gasteiger charge is -2.30. The van der Waals surface area contributed by atoms with Gasteiger partial charge in [0.1, 0.15) is 5.82 Å². The Morgan fingerprint density at radius 3 is 2.64 bits per heavy atom. The quantitative estimate of drug-likeness (QED) is 0.618. The van der Waals surface area contributed by atoms with Crippen molar-refractivity contribution < 1.29 is 0 Å². The fourth-order valence-corrected chi connectivity index (χ4v) is 4.72. The molecule has 0 bridgehead atoms. The largest absolute Gasteiger partial charge is 0.356 e. The average molecular weight is 381 g/mol. The number of guanidine groups is 1. The zero-order valence-electron chi connectivity index (χ0n) is 17.0. The SMILES string of the molecule is CN=C(NCc1nnc2n1CCCCC2)NCC1(c2ccccc2)CCCC1. The normalized spacial score (nSPS) is 19.1. The molecule has 1 fully saturated rings. The van der Waals surface area contributed by atoms with Gasteiger partial charge in [-0.15, -0.1) is 10.2 Å². The lowest BCUT2D eigenvalue weighted by Crippen LogP contribution is -2.44. The first-order valence-corrected chi connectivity index (χ1v) is 10.7. The fraction of sp³-hybridized carbons (Fsp3) is 0.591. The van der Waals surface area contributed by atoms with E-state index in [1.165, 1.54) is 50.5 Å². The number of hydrogen-bond donors (Lipinski definition) is 2. The highest BCUT2D eigenvalue weighted by Crippen LogP contribution is 2.40. The Labute approximate surface area is 167 Å². The molecule has 2 aromatic rings. The van der Waals surface area contributed by atoms with E-state index in [9.17, 15) is 0 Å². The van der Waals surface area contributed by atoms with E-state index in [2.05, 4.69) is 60.7 Å². The van der Waals surface area contributed by atoms with E-state index in [0.29, 0.717) is 6.54 Å². The summed E-state index contributed by atoms with van der Waals surface area (Å²) in [5.41, 5.74) is 1.66. The van der Waals surface area contributed by atoms with Crippen molar-refractivity contribution >= 4 is 5.96 Å². The van der Waals surface area contributed by atoms with Gasteiger partial charge in [0, 0.05) is 32.0 Å². The van der Waals surface area contributed by atoms with Crippen LogP contribution in [0.15, 0.2) is 35.3 Å². The number of nitrogens with one attached hydrogen (secondary N) is 2. The van der Waals surface area contributed by atoms with E-state index in [-0.39, 0.29) is 5.41 Å². The average Bonchev–Trinajstić information content (AvgIpc) is 3.30. The van der Waals surface area contributed by atoms with Crippen molar-refractivity contribution in [1.29, 1.82) is 0 Å². The van der Waals surface area contributed by atoms with Gasteiger partial charge in [-0.05, 0) is 31.2 Å². The van der Waals surface area contributed by atoms with Crippen molar-refractivity contribution in [3.8, 4) is 0 Å². The molecule has 0 amide bonds. The topological polar surface area (TPSA) is 67.1 Å². The highest BCUT2D eigenvalue weighted by atomic mass is 15.3. The molecule has 150 valence electrons. The van der Waals surface area contributed by atoms with E-state index in [1.807, 2.05) is 7.05 Å². The predicted octanol–water partition coefficient (Wildman–Crippen LogP) is 3.18.